The number of hydrogen-bond donors (Lipinski definition) is 10. The van der Waals surface area contributed by atoms with E-state index in [4.69, 9.17) is 5.73 Å². The number of aliphatic carboxylic acids is 1. The highest BCUT2D eigenvalue weighted by Gasteiger charge is 2.33. The lowest BCUT2D eigenvalue weighted by molar-refractivity contribution is -0.141. The van der Waals surface area contributed by atoms with Gasteiger partial charge in [-0.1, -0.05) is 48.5 Å². The van der Waals surface area contributed by atoms with Gasteiger partial charge in [0.1, 0.15) is 30.2 Å². The number of amides is 7. The van der Waals surface area contributed by atoms with Gasteiger partial charge in [0.2, 0.25) is 41.4 Å². The number of H-pyrrole nitrogens is 1. The van der Waals surface area contributed by atoms with Gasteiger partial charge >= 0.3 is 5.97 Å². The van der Waals surface area contributed by atoms with Gasteiger partial charge in [0.15, 0.2) is 0 Å². The van der Waals surface area contributed by atoms with Crippen molar-refractivity contribution in [3.63, 3.8) is 0 Å². The van der Waals surface area contributed by atoms with Crippen molar-refractivity contribution in [2.45, 2.75) is 62.3 Å². The van der Waals surface area contributed by atoms with Crippen LogP contribution in [0.25, 0.3) is 10.9 Å². The Hall–Kier alpha value is -5.60. The Morgan fingerprint density at radius 3 is 1.83 bits per heavy atom. The fraction of sp³-hybridized carbons (Fsp3) is 0.436. The molecule has 1 heterocycles. The summed E-state index contributed by atoms with van der Waals surface area (Å²) < 4.78 is 0. The second-order valence-electron chi connectivity index (χ2n) is 13.5. The largest absolute Gasteiger partial charge is 0.481 e. The molecule has 0 saturated carbocycles. The summed E-state index contributed by atoms with van der Waals surface area (Å²) in [7, 11) is 1.59. The predicted molar refractivity (Wildman–Crippen MR) is 226 cm³/mol. The number of thioether (sulfide) groups is 2. The first-order chi connectivity index (χ1) is 28.3. The molecule has 320 valence electrons. The van der Waals surface area contributed by atoms with Crippen LogP contribution in [-0.2, 0) is 51.2 Å². The van der Waals surface area contributed by atoms with Gasteiger partial charge in [-0.3, -0.25) is 38.4 Å². The van der Waals surface area contributed by atoms with Crippen LogP contribution in [0.5, 0.6) is 0 Å². The third kappa shape index (κ3) is 16.3. The number of nitrogens with one attached hydrogen (secondary N) is 8. The average Bonchev–Trinajstić information content (AvgIpc) is 3.61. The summed E-state index contributed by atoms with van der Waals surface area (Å²) in [5.41, 5.74) is 7.67. The molecule has 0 aliphatic heterocycles. The molecular formula is C39H53N9O9S2. The van der Waals surface area contributed by atoms with Crippen LogP contribution in [-0.4, -0.2) is 132 Å². The number of para-hydroxylation sites is 1. The van der Waals surface area contributed by atoms with Crippen molar-refractivity contribution < 1.29 is 43.5 Å². The SMILES string of the molecule is CNCC(=O)N[C@@H](CCSC)C(=O)NCC(=O)N[C@@H](Cc1c[nH]c2ccccc12)C(=O)N[C@@H](CCSC)C(=O)N[C@@H](CC(=O)O)C(=O)N[C@@H](Cc1ccccc1)C(N)=O. The lowest BCUT2D eigenvalue weighted by Crippen LogP contribution is -2.59. The molecule has 3 rings (SSSR count). The molecule has 0 aliphatic carbocycles. The van der Waals surface area contributed by atoms with Crippen molar-refractivity contribution >= 4 is 81.7 Å². The Kier molecular flexibility index (Phi) is 20.3. The smallest absolute Gasteiger partial charge is 0.305 e. The highest BCUT2D eigenvalue weighted by Crippen LogP contribution is 2.19. The fourth-order valence-electron chi connectivity index (χ4n) is 5.95. The molecule has 0 saturated heterocycles. The molecule has 18 nitrogen and oxygen atoms in total. The van der Waals surface area contributed by atoms with Crippen molar-refractivity contribution in [2.75, 3.05) is 44.2 Å². The molecular weight excluding hydrogens is 803 g/mol. The monoisotopic (exact) mass is 855 g/mol. The van der Waals surface area contributed by atoms with E-state index in [-0.39, 0.29) is 25.8 Å². The van der Waals surface area contributed by atoms with Gasteiger partial charge in [0.05, 0.1) is 19.5 Å². The van der Waals surface area contributed by atoms with Gasteiger partial charge in [-0.2, -0.15) is 23.5 Å². The predicted octanol–water partition coefficient (Wildman–Crippen LogP) is -0.821. The molecule has 0 fully saturated rings. The number of primary amides is 1. The summed E-state index contributed by atoms with van der Waals surface area (Å²) >= 11 is 2.85. The molecule has 7 amide bonds. The van der Waals surface area contributed by atoms with Gasteiger partial charge in [0, 0.05) is 29.9 Å². The summed E-state index contributed by atoms with van der Waals surface area (Å²) in [4.78, 5) is 107. The molecule has 11 N–H and O–H groups in total. The quantitative estimate of drug-likeness (QED) is 0.0474. The zero-order valence-corrected chi connectivity index (χ0v) is 34.8. The number of carboxylic acid groups (broad SMARTS) is 1. The summed E-state index contributed by atoms with van der Waals surface area (Å²) in [6, 6.07) is 9.64. The first kappa shape index (κ1) is 47.8. The van der Waals surface area contributed by atoms with E-state index in [1.54, 1.807) is 49.8 Å². The van der Waals surface area contributed by atoms with Crippen LogP contribution in [0.1, 0.15) is 30.4 Å². The van der Waals surface area contributed by atoms with Crippen molar-refractivity contribution in [3.05, 3.63) is 71.9 Å². The van der Waals surface area contributed by atoms with Crippen molar-refractivity contribution in [3.8, 4) is 0 Å². The van der Waals surface area contributed by atoms with E-state index in [0.717, 1.165) is 10.9 Å². The van der Waals surface area contributed by atoms with Crippen LogP contribution in [0.4, 0.5) is 0 Å². The van der Waals surface area contributed by atoms with Gasteiger partial charge in [-0.05, 0) is 61.1 Å². The highest BCUT2D eigenvalue weighted by molar-refractivity contribution is 7.98. The first-order valence-electron chi connectivity index (χ1n) is 18.8. The number of nitrogens with two attached hydrogens (primary N) is 1. The molecule has 0 spiro atoms. The van der Waals surface area contributed by atoms with Crippen LogP contribution < -0.4 is 43.0 Å². The maximum atomic E-state index is 14.1. The van der Waals surface area contributed by atoms with Crippen LogP contribution in [0, 0.1) is 0 Å². The Morgan fingerprint density at radius 2 is 1.20 bits per heavy atom. The third-order valence-corrected chi connectivity index (χ3v) is 10.3. The number of aromatic nitrogens is 1. The minimum Gasteiger partial charge on any atom is -0.481 e. The van der Waals surface area contributed by atoms with Crippen LogP contribution >= 0.6 is 23.5 Å². The molecule has 0 unspecified atom stereocenters. The molecule has 20 heteroatoms. The number of hydrogen-bond acceptors (Lipinski definition) is 11. The molecule has 0 aliphatic rings. The highest BCUT2D eigenvalue weighted by atomic mass is 32.2. The zero-order valence-electron chi connectivity index (χ0n) is 33.1. The maximum absolute atomic E-state index is 14.1. The van der Waals surface area contributed by atoms with E-state index >= 15 is 0 Å². The number of benzene rings is 2. The van der Waals surface area contributed by atoms with Crippen LogP contribution in [0.15, 0.2) is 60.8 Å². The summed E-state index contributed by atoms with van der Waals surface area (Å²) in [5.74, 6) is -5.72. The van der Waals surface area contributed by atoms with E-state index in [0.29, 0.717) is 29.1 Å². The van der Waals surface area contributed by atoms with E-state index in [2.05, 4.69) is 42.2 Å². The number of fused-ring (bicyclic) bond motifs is 1. The van der Waals surface area contributed by atoms with Crippen LogP contribution in [0.3, 0.4) is 0 Å². The van der Waals surface area contributed by atoms with E-state index < -0.39 is 90.5 Å². The van der Waals surface area contributed by atoms with E-state index in [1.165, 1.54) is 23.5 Å². The molecule has 5 atom stereocenters. The van der Waals surface area contributed by atoms with Crippen molar-refractivity contribution in [1.82, 2.24) is 42.2 Å². The number of likely N-dealkylation sites (N-methyl/N-ethyl adjacent to an activating group) is 1. The lowest BCUT2D eigenvalue weighted by atomic mass is 10.0. The van der Waals surface area contributed by atoms with E-state index in [1.807, 2.05) is 30.5 Å². The topological polar surface area (TPSA) is 283 Å². The number of carboxylic acids is 1. The Balaban J connectivity index is 1.81. The molecule has 1 aromatic heterocycles. The minimum atomic E-state index is -1.65. The molecule has 0 radical (unpaired) electrons. The number of carbonyl (C=O) groups excluding carboxylic acids is 7. The minimum absolute atomic E-state index is 0.0119. The molecule has 3 aromatic rings. The molecule has 59 heavy (non-hydrogen) atoms. The summed E-state index contributed by atoms with van der Waals surface area (Å²) in [5, 5.41) is 28.5. The fourth-order valence-corrected chi connectivity index (χ4v) is 6.90. The Labute approximate surface area is 350 Å². The first-order valence-corrected chi connectivity index (χ1v) is 21.5. The molecule has 2 aromatic carbocycles. The summed E-state index contributed by atoms with van der Waals surface area (Å²) in [6.45, 7) is -0.546. The Morgan fingerprint density at radius 1 is 0.661 bits per heavy atom. The van der Waals surface area contributed by atoms with Crippen LogP contribution in [0.2, 0.25) is 0 Å². The third-order valence-electron chi connectivity index (χ3n) is 8.97. The second-order valence-corrected chi connectivity index (χ2v) is 15.5. The molecule has 0 bridgehead atoms. The average molecular weight is 856 g/mol. The van der Waals surface area contributed by atoms with Crippen molar-refractivity contribution in [1.29, 1.82) is 0 Å². The van der Waals surface area contributed by atoms with E-state index in [9.17, 15) is 43.5 Å². The lowest BCUT2D eigenvalue weighted by Gasteiger charge is -2.26. The maximum Gasteiger partial charge on any atom is 0.305 e. The Bertz CT molecular complexity index is 1910. The summed E-state index contributed by atoms with van der Waals surface area (Å²) in [6.07, 6.45) is 4.81. The number of carbonyl (C=O) groups is 8. The van der Waals surface area contributed by atoms with Gasteiger partial charge in [-0.15, -0.1) is 0 Å². The zero-order chi connectivity index (χ0) is 43.3. The standard InChI is InChI=1S/C39H53N9O9S2/c1-41-21-32(49)44-27(13-15-58-2)36(54)43-22-33(50)45-30(18-24-20-42-26-12-8-7-11-25(24)26)38(56)46-28(14-16-59-3)37(55)48-31(19-34(51)52)39(57)47-29(35(40)53)17-23-9-5-4-6-10-23/h4-12,20,27-31,41-42H,13-19,21-22H2,1-3H3,(H2,40,53)(H,43,54)(H,44,49)(H,45,50)(H,46,56)(H,47,57)(H,48,55)(H,51,52)/t27-,28-,29-,30-,31-/m0/s1. The van der Waals surface area contributed by atoms with Gasteiger partial charge in [0.25, 0.3) is 0 Å². The number of aromatic amines is 1. The normalized spacial score (nSPS) is 13.5. The van der Waals surface area contributed by atoms with Gasteiger partial charge in [-0.25, -0.2) is 0 Å². The van der Waals surface area contributed by atoms with Gasteiger partial charge < -0.3 is 53.0 Å². The van der Waals surface area contributed by atoms with Crippen molar-refractivity contribution in [2.24, 2.45) is 5.73 Å². The number of rotatable bonds is 26. The second kappa shape index (κ2) is 25.0.